The molecule has 25 heavy (non-hydrogen) atoms. The second-order valence-electron chi connectivity index (χ2n) is 5.96. The molecule has 1 fully saturated rings. The molecule has 1 aromatic heterocycles. The predicted molar refractivity (Wildman–Crippen MR) is 88.4 cm³/mol. The zero-order chi connectivity index (χ0) is 18.2. The number of nitrogens with zero attached hydrogens (tertiary/aromatic N) is 3. The van der Waals surface area contributed by atoms with E-state index >= 15 is 0 Å². The van der Waals surface area contributed by atoms with Crippen LogP contribution in [0.1, 0.15) is 37.2 Å². The maximum absolute atomic E-state index is 12.6. The highest BCUT2D eigenvalue weighted by molar-refractivity contribution is 8.00. The lowest BCUT2D eigenvalue weighted by Crippen LogP contribution is -2.23. The Labute approximate surface area is 147 Å². The van der Waals surface area contributed by atoms with Crippen molar-refractivity contribution in [1.82, 2.24) is 14.8 Å². The number of nitrogens with one attached hydrogen (secondary N) is 1. The molecule has 0 radical (unpaired) electrons. The fourth-order valence-corrected chi connectivity index (χ4v) is 3.35. The van der Waals surface area contributed by atoms with Crippen LogP contribution >= 0.6 is 11.8 Å². The molecular weight excluding hydrogens is 353 g/mol. The van der Waals surface area contributed by atoms with Crippen molar-refractivity contribution in [2.24, 2.45) is 0 Å². The largest absolute Gasteiger partial charge is 0.416 e. The Morgan fingerprint density at radius 2 is 1.92 bits per heavy atom. The van der Waals surface area contributed by atoms with E-state index in [0.717, 1.165) is 30.8 Å². The SMILES string of the molecule is Cc1nnc(S[C@@H](C)C(=O)Nc2ccc(C(F)(F)F)cc2)n1C1CC1. The standard InChI is InChI=1S/C16H17F3N4OS/c1-9(25-15-22-21-10(2)23(15)13-7-8-13)14(24)20-12-5-3-11(4-6-12)16(17,18)19/h3-6,9,13H,7-8H2,1-2H3,(H,20,24)/t9-/m0/s1. The number of hydrogen-bond acceptors (Lipinski definition) is 4. The summed E-state index contributed by atoms with van der Waals surface area (Å²) in [5.41, 5.74) is -0.425. The van der Waals surface area contributed by atoms with Gasteiger partial charge >= 0.3 is 6.18 Å². The van der Waals surface area contributed by atoms with Crippen LogP contribution in [0.5, 0.6) is 0 Å². The number of carbonyl (C=O) groups excluding carboxylic acids is 1. The van der Waals surface area contributed by atoms with Crippen LogP contribution in [0.25, 0.3) is 0 Å². The van der Waals surface area contributed by atoms with Crippen molar-refractivity contribution in [1.29, 1.82) is 0 Å². The monoisotopic (exact) mass is 370 g/mol. The van der Waals surface area contributed by atoms with Gasteiger partial charge in [-0.15, -0.1) is 10.2 Å². The van der Waals surface area contributed by atoms with Crippen molar-refractivity contribution in [2.75, 3.05) is 5.32 Å². The number of anilines is 1. The first-order valence-electron chi connectivity index (χ1n) is 7.82. The number of thioether (sulfide) groups is 1. The summed E-state index contributed by atoms with van der Waals surface area (Å²) in [5.74, 6) is 0.521. The molecule has 5 nitrogen and oxygen atoms in total. The molecule has 0 saturated heterocycles. The first-order chi connectivity index (χ1) is 11.8. The topological polar surface area (TPSA) is 59.8 Å². The first-order valence-corrected chi connectivity index (χ1v) is 8.70. The highest BCUT2D eigenvalue weighted by Gasteiger charge is 2.31. The van der Waals surface area contributed by atoms with Crippen molar-refractivity contribution in [3.05, 3.63) is 35.7 Å². The lowest BCUT2D eigenvalue weighted by atomic mass is 10.2. The Morgan fingerprint density at radius 1 is 1.28 bits per heavy atom. The van der Waals surface area contributed by atoms with Crippen molar-refractivity contribution in [2.45, 2.75) is 49.3 Å². The molecule has 134 valence electrons. The van der Waals surface area contributed by atoms with Crippen molar-refractivity contribution >= 4 is 23.4 Å². The van der Waals surface area contributed by atoms with E-state index in [2.05, 4.69) is 15.5 Å². The van der Waals surface area contributed by atoms with Crippen molar-refractivity contribution in [3.8, 4) is 0 Å². The highest BCUT2D eigenvalue weighted by atomic mass is 32.2. The smallest absolute Gasteiger partial charge is 0.325 e. The van der Waals surface area contributed by atoms with Crippen LogP contribution in [0.15, 0.2) is 29.4 Å². The van der Waals surface area contributed by atoms with E-state index in [1.807, 2.05) is 11.5 Å². The third-order valence-corrected chi connectivity index (χ3v) is 4.93. The van der Waals surface area contributed by atoms with E-state index in [4.69, 9.17) is 0 Å². The summed E-state index contributed by atoms with van der Waals surface area (Å²) >= 11 is 1.29. The molecule has 1 N–H and O–H groups in total. The van der Waals surface area contributed by atoms with Gasteiger partial charge in [0.2, 0.25) is 5.91 Å². The molecule has 2 aromatic rings. The predicted octanol–water partition coefficient (Wildman–Crippen LogP) is 4.06. The maximum atomic E-state index is 12.6. The Kier molecular flexibility index (Phi) is 4.77. The van der Waals surface area contributed by atoms with E-state index in [1.165, 1.54) is 23.9 Å². The third-order valence-electron chi connectivity index (χ3n) is 3.88. The lowest BCUT2D eigenvalue weighted by molar-refractivity contribution is -0.137. The molecule has 0 unspecified atom stereocenters. The molecule has 0 bridgehead atoms. The lowest BCUT2D eigenvalue weighted by Gasteiger charge is -2.13. The Hall–Kier alpha value is -2.03. The number of benzene rings is 1. The van der Waals surface area contributed by atoms with Gasteiger partial charge in [-0.25, -0.2) is 0 Å². The van der Waals surface area contributed by atoms with Gasteiger partial charge in [0.05, 0.1) is 10.8 Å². The van der Waals surface area contributed by atoms with Crippen LogP contribution in [-0.4, -0.2) is 25.9 Å². The summed E-state index contributed by atoms with van der Waals surface area (Å²) in [6.45, 7) is 3.60. The van der Waals surface area contributed by atoms with E-state index in [0.29, 0.717) is 16.9 Å². The molecular formula is C16H17F3N4OS. The molecule has 1 atom stereocenters. The van der Waals surface area contributed by atoms with Gasteiger partial charge in [-0.1, -0.05) is 11.8 Å². The van der Waals surface area contributed by atoms with Crippen LogP contribution < -0.4 is 5.32 Å². The Balaban J connectivity index is 1.63. The molecule has 3 rings (SSSR count). The number of aromatic nitrogens is 3. The van der Waals surface area contributed by atoms with Crippen LogP contribution in [0.2, 0.25) is 0 Å². The molecule has 1 aliphatic rings. The second kappa shape index (κ2) is 6.70. The van der Waals surface area contributed by atoms with Crippen molar-refractivity contribution in [3.63, 3.8) is 0 Å². The number of alkyl halides is 3. The van der Waals surface area contributed by atoms with Gasteiger partial charge in [-0.2, -0.15) is 13.2 Å². The van der Waals surface area contributed by atoms with E-state index in [1.54, 1.807) is 6.92 Å². The van der Waals surface area contributed by atoms with E-state index < -0.39 is 17.0 Å². The summed E-state index contributed by atoms with van der Waals surface area (Å²) in [4.78, 5) is 12.3. The molecule has 0 spiro atoms. The van der Waals surface area contributed by atoms with Gasteiger partial charge in [-0.3, -0.25) is 4.79 Å². The molecule has 1 saturated carbocycles. The van der Waals surface area contributed by atoms with Gasteiger partial charge in [-0.05, 0) is 51.0 Å². The summed E-state index contributed by atoms with van der Waals surface area (Å²) in [7, 11) is 0. The molecule has 1 heterocycles. The molecule has 9 heteroatoms. The second-order valence-corrected chi connectivity index (χ2v) is 7.26. The summed E-state index contributed by atoms with van der Waals surface area (Å²) in [5, 5.41) is 11.0. The van der Waals surface area contributed by atoms with Crippen molar-refractivity contribution < 1.29 is 18.0 Å². The summed E-state index contributed by atoms with van der Waals surface area (Å²) < 4.78 is 39.7. The van der Waals surface area contributed by atoms with Crippen LogP contribution in [-0.2, 0) is 11.0 Å². The first kappa shape index (κ1) is 17.8. The van der Waals surface area contributed by atoms with Crippen LogP contribution in [0.3, 0.4) is 0 Å². The van der Waals surface area contributed by atoms with E-state index in [9.17, 15) is 18.0 Å². The van der Waals surface area contributed by atoms with Gasteiger partial charge in [0.15, 0.2) is 5.16 Å². The number of hydrogen-bond donors (Lipinski definition) is 1. The average Bonchev–Trinajstić information content (AvgIpc) is 3.31. The van der Waals surface area contributed by atoms with E-state index in [-0.39, 0.29) is 5.91 Å². The van der Waals surface area contributed by atoms with Gasteiger partial charge in [0.1, 0.15) is 5.82 Å². The fraction of sp³-hybridized carbons (Fsp3) is 0.438. The highest BCUT2D eigenvalue weighted by Crippen LogP contribution is 2.39. The normalized spacial score (nSPS) is 15.9. The average molecular weight is 370 g/mol. The Morgan fingerprint density at radius 3 is 2.48 bits per heavy atom. The quantitative estimate of drug-likeness (QED) is 0.807. The van der Waals surface area contributed by atoms with Gasteiger partial charge in [0.25, 0.3) is 0 Å². The number of carbonyl (C=O) groups is 1. The fourth-order valence-electron chi connectivity index (χ4n) is 2.38. The zero-order valence-corrected chi connectivity index (χ0v) is 14.5. The van der Waals surface area contributed by atoms with Gasteiger partial charge in [0, 0.05) is 11.7 Å². The minimum atomic E-state index is -4.39. The van der Waals surface area contributed by atoms with Gasteiger partial charge < -0.3 is 9.88 Å². The number of amides is 1. The summed E-state index contributed by atoms with van der Waals surface area (Å²) in [6, 6.07) is 4.79. The molecule has 1 amide bonds. The Bertz CT molecular complexity index is 769. The number of rotatable bonds is 5. The summed E-state index contributed by atoms with van der Waals surface area (Å²) in [6.07, 6.45) is -2.23. The van der Waals surface area contributed by atoms with Crippen LogP contribution in [0, 0.1) is 6.92 Å². The van der Waals surface area contributed by atoms with Crippen LogP contribution in [0.4, 0.5) is 18.9 Å². The minimum Gasteiger partial charge on any atom is -0.325 e. The molecule has 1 aliphatic carbocycles. The molecule has 0 aliphatic heterocycles. The number of aryl methyl sites for hydroxylation is 1. The number of halogens is 3. The zero-order valence-electron chi connectivity index (χ0n) is 13.7. The maximum Gasteiger partial charge on any atom is 0.416 e. The molecule has 1 aromatic carbocycles. The minimum absolute atomic E-state index is 0.298. The third kappa shape index (κ3) is 4.15.